The van der Waals surface area contributed by atoms with E-state index in [1.807, 2.05) is 48.5 Å². The van der Waals surface area contributed by atoms with E-state index in [1.54, 1.807) is 0 Å². The average molecular weight is 424 g/mol. The van der Waals surface area contributed by atoms with Crippen molar-refractivity contribution >= 4 is 35.0 Å². The zero-order valence-electron chi connectivity index (χ0n) is 15.5. The molecule has 0 aromatic heterocycles. The second-order valence-electron chi connectivity index (χ2n) is 6.03. The van der Waals surface area contributed by atoms with Gasteiger partial charge in [-0.2, -0.15) is 5.10 Å². The van der Waals surface area contributed by atoms with E-state index in [9.17, 15) is 20.2 Å². The first kappa shape index (κ1) is 21.0. The Kier molecular flexibility index (Phi) is 6.73. The zero-order chi connectivity index (χ0) is 21.5. The molecule has 0 aliphatic carbocycles. The lowest BCUT2D eigenvalue weighted by atomic mass is 10.2. The van der Waals surface area contributed by atoms with Gasteiger partial charge in [-0.15, -0.1) is 0 Å². The molecule has 3 aromatic carbocycles. The number of hydrogen-bond donors (Lipinski definition) is 2. The molecule has 10 heteroatoms. The number of aliphatic hydroxyl groups excluding tert-OH is 1. The van der Waals surface area contributed by atoms with Gasteiger partial charge in [0.15, 0.2) is 0 Å². The number of rotatable bonds is 8. The first-order chi connectivity index (χ1) is 14.5. The summed E-state index contributed by atoms with van der Waals surface area (Å²) in [5.74, 6) is 0. The largest absolute Gasteiger partial charge is 0.392 e. The number of nitro benzene ring substituents is 2. The number of benzene rings is 3. The molecule has 0 aliphatic rings. The van der Waals surface area contributed by atoms with Crippen molar-refractivity contribution in [2.24, 2.45) is 5.10 Å². The van der Waals surface area contributed by atoms with E-state index in [0.29, 0.717) is 0 Å². The van der Waals surface area contributed by atoms with Crippen molar-refractivity contribution in [2.45, 2.75) is 16.4 Å². The topological polar surface area (TPSA) is 131 Å². The lowest BCUT2D eigenvalue weighted by Crippen LogP contribution is -1.99. The molecule has 0 fully saturated rings. The van der Waals surface area contributed by atoms with Crippen LogP contribution in [0.25, 0.3) is 0 Å². The highest BCUT2D eigenvalue weighted by atomic mass is 32.2. The molecule has 0 spiro atoms. The number of non-ortho nitro benzene ring substituents is 1. The fourth-order valence-electron chi connectivity index (χ4n) is 2.52. The molecule has 0 amide bonds. The van der Waals surface area contributed by atoms with Crippen LogP contribution in [0, 0.1) is 20.2 Å². The van der Waals surface area contributed by atoms with Crippen LogP contribution in [0.5, 0.6) is 0 Å². The number of aliphatic hydroxyl groups is 1. The number of nitrogens with one attached hydrogen (secondary N) is 1. The van der Waals surface area contributed by atoms with Crippen LogP contribution < -0.4 is 5.43 Å². The Labute approximate surface area is 175 Å². The molecule has 0 aliphatic heterocycles. The summed E-state index contributed by atoms with van der Waals surface area (Å²) in [5.41, 5.74) is 3.43. The first-order valence-corrected chi connectivity index (χ1v) is 9.48. The molecule has 0 atom stereocenters. The quantitative estimate of drug-likeness (QED) is 0.307. The Balaban J connectivity index is 1.78. The summed E-state index contributed by atoms with van der Waals surface area (Å²) in [6, 6.07) is 18.3. The van der Waals surface area contributed by atoms with Gasteiger partial charge in [0.1, 0.15) is 5.69 Å². The predicted molar refractivity (Wildman–Crippen MR) is 114 cm³/mol. The molecule has 9 nitrogen and oxygen atoms in total. The molecule has 3 rings (SSSR count). The van der Waals surface area contributed by atoms with Gasteiger partial charge in [0.25, 0.3) is 5.69 Å². The third kappa shape index (κ3) is 5.19. The summed E-state index contributed by atoms with van der Waals surface area (Å²) in [7, 11) is 0. The summed E-state index contributed by atoms with van der Waals surface area (Å²) in [5, 5.41) is 35.2. The standard InChI is InChI=1S/C20H16N4O5S/c25-13-14-5-8-17(9-6-14)30-20-4-2-1-3-15(20)12-21-22-18-10-7-16(23(26)27)11-19(18)24(28)29/h1-12,22,25H,13H2/b21-12+. The van der Waals surface area contributed by atoms with Crippen LogP contribution in [0.1, 0.15) is 11.1 Å². The smallest absolute Gasteiger partial charge is 0.301 e. The summed E-state index contributed by atoms with van der Waals surface area (Å²) in [6.45, 7) is -0.0192. The molecule has 0 bridgehead atoms. The highest BCUT2D eigenvalue weighted by Gasteiger charge is 2.19. The van der Waals surface area contributed by atoms with Crippen molar-refractivity contribution < 1.29 is 15.0 Å². The minimum absolute atomic E-state index is 0.0192. The Bertz CT molecular complexity index is 1100. The molecule has 0 radical (unpaired) electrons. The molecular weight excluding hydrogens is 408 g/mol. The van der Waals surface area contributed by atoms with E-state index in [2.05, 4.69) is 10.5 Å². The monoisotopic (exact) mass is 424 g/mol. The molecule has 30 heavy (non-hydrogen) atoms. The number of anilines is 1. The van der Waals surface area contributed by atoms with Gasteiger partial charge in [-0.25, -0.2) is 0 Å². The second kappa shape index (κ2) is 9.63. The third-order valence-corrected chi connectivity index (χ3v) is 5.13. The average Bonchev–Trinajstić information content (AvgIpc) is 2.75. The minimum atomic E-state index is -0.704. The van der Waals surface area contributed by atoms with Crippen LogP contribution >= 0.6 is 11.8 Å². The molecule has 152 valence electrons. The van der Waals surface area contributed by atoms with E-state index in [-0.39, 0.29) is 18.0 Å². The maximum Gasteiger partial charge on any atom is 0.301 e. The Morgan fingerprint density at radius 1 is 1.00 bits per heavy atom. The van der Waals surface area contributed by atoms with Gasteiger partial charge < -0.3 is 5.11 Å². The molecule has 0 saturated carbocycles. The van der Waals surface area contributed by atoms with E-state index < -0.39 is 15.5 Å². The lowest BCUT2D eigenvalue weighted by Gasteiger charge is -2.06. The van der Waals surface area contributed by atoms with E-state index in [0.717, 1.165) is 27.0 Å². The summed E-state index contributed by atoms with van der Waals surface area (Å²) in [6.07, 6.45) is 1.52. The van der Waals surface area contributed by atoms with Gasteiger partial charge >= 0.3 is 5.69 Å². The predicted octanol–water partition coefficient (Wildman–Crippen LogP) is 4.59. The maximum absolute atomic E-state index is 11.2. The van der Waals surface area contributed by atoms with Crippen molar-refractivity contribution in [1.29, 1.82) is 0 Å². The first-order valence-electron chi connectivity index (χ1n) is 8.66. The third-order valence-electron chi connectivity index (χ3n) is 4.03. The van der Waals surface area contributed by atoms with Crippen molar-refractivity contribution in [1.82, 2.24) is 0 Å². The molecular formula is C20H16N4O5S. The van der Waals surface area contributed by atoms with E-state index >= 15 is 0 Å². The molecule has 0 saturated heterocycles. The van der Waals surface area contributed by atoms with Crippen LogP contribution in [-0.2, 0) is 6.61 Å². The Morgan fingerprint density at radius 2 is 1.73 bits per heavy atom. The van der Waals surface area contributed by atoms with Crippen LogP contribution in [0.3, 0.4) is 0 Å². The fraction of sp³-hybridized carbons (Fsp3) is 0.0500. The van der Waals surface area contributed by atoms with E-state index in [4.69, 9.17) is 5.11 Å². The van der Waals surface area contributed by atoms with Crippen LogP contribution in [0.15, 0.2) is 81.6 Å². The lowest BCUT2D eigenvalue weighted by molar-refractivity contribution is -0.393. The van der Waals surface area contributed by atoms with Crippen molar-refractivity contribution in [3.8, 4) is 0 Å². The summed E-state index contributed by atoms with van der Waals surface area (Å²) in [4.78, 5) is 22.5. The zero-order valence-corrected chi connectivity index (χ0v) is 16.3. The molecule has 3 aromatic rings. The van der Waals surface area contributed by atoms with Crippen LogP contribution in [0.4, 0.5) is 17.1 Å². The van der Waals surface area contributed by atoms with Crippen LogP contribution in [0.2, 0.25) is 0 Å². The van der Waals surface area contributed by atoms with Gasteiger partial charge in [-0.3, -0.25) is 25.7 Å². The highest BCUT2D eigenvalue weighted by Crippen LogP contribution is 2.31. The van der Waals surface area contributed by atoms with Crippen LogP contribution in [-0.4, -0.2) is 21.2 Å². The molecule has 0 unspecified atom stereocenters. The van der Waals surface area contributed by atoms with Crippen molar-refractivity contribution in [2.75, 3.05) is 5.43 Å². The van der Waals surface area contributed by atoms with Gasteiger partial charge in [-0.05, 0) is 29.8 Å². The SMILES string of the molecule is O=[N+]([O-])c1ccc(N/N=C/c2ccccc2Sc2ccc(CO)cc2)c([N+](=O)[O-])c1. The normalized spacial score (nSPS) is 10.8. The Hall–Kier alpha value is -3.76. The van der Waals surface area contributed by atoms with Crippen molar-refractivity contribution in [3.05, 3.63) is 98.1 Å². The van der Waals surface area contributed by atoms with Gasteiger partial charge in [0, 0.05) is 21.4 Å². The highest BCUT2D eigenvalue weighted by molar-refractivity contribution is 7.99. The number of hydrogen-bond acceptors (Lipinski definition) is 8. The Morgan fingerprint density at radius 3 is 2.40 bits per heavy atom. The van der Waals surface area contributed by atoms with Gasteiger partial charge in [0.2, 0.25) is 0 Å². The number of nitro groups is 2. The van der Waals surface area contributed by atoms with Crippen molar-refractivity contribution in [3.63, 3.8) is 0 Å². The summed E-state index contributed by atoms with van der Waals surface area (Å²) < 4.78 is 0. The minimum Gasteiger partial charge on any atom is -0.392 e. The maximum atomic E-state index is 11.2. The molecule has 0 heterocycles. The second-order valence-corrected chi connectivity index (χ2v) is 7.14. The fourth-order valence-corrected chi connectivity index (χ4v) is 3.43. The number of hydrazone groups is 1. The van der Waals surface area contributed by atoms with E-state index in [1.165, 1.54) is 30.1 Å². The van der Waals surface area contributed by atoms with Gasteiger partial charge in [0.05, 0.1) is 28.7 Å². The molecule has 2 N–H and O–H groups in total. The van der Waals surface area contributed by atoms with Gasteiger partial charge in [-0.1, -0.05) is 42.1 Å². The summed E-state index contributed by atoms with van der Waals surface area (Å²) >= 11 is 1.51. The number of nitrogens with zero attached hydrogens (tertiary/aromatic N) is 3.